The fraction of sp³-hybridized carbons (Fsp3) is 0.550. The van der Waals surface area contributed by atoms with Gasteiger partial charge in [-0.25, -0.2) is 4.79 Å². The molecule has 160 valence electrons. The monoisotopic (exact) mass is 406 g/mol. The van der Waals surface area contributed by atoms with Crippen LogP contribution in [0, 0.1) is 0 Å². The predicted octanol–water partition coefficient (Wildman–Crippen LogP) is 1.74. The van der Waals surface area contributed by atoms with E-state index < -0.39 is 12.0 Å². The lowest BCUT2D eigenvalue weighted by Gasteiger charge is -2.30. The summed E-state index contributed by atoms with van der Waals surface area (Å²) in [7, 11) is 1.57. The van der Waals surface area contributed by atoms with E-state index in [4.69, 9.17) is 9.47 Å². The number of nitrogens with one attached hydrogen (secondary N) is 3. The van der Waals surface area contributed by atoms with Crippen LogP contribution in [0.5, 0.6) is 0 Å². The number of methoxy groups -OCH3 is 1. The molecule has 0 aromatic heterocycles. The van der Waals surface area contributed by atoms with Gasteiger partial charge >= 0.3 is 12.0 Å². The highest BCUT2D eigenvalue weighted by atomic mass is 16.5. The van der Waals surface area contributed by atoms with E-state index in [0.717, 1.165) is 31.6 Å². The van der Waals surface area contributed by atoms with Gasteiger partial charge in [0.1, 0.15) is 6.54 Å². The van der Waals surface area contributed by atoms with Gasteiger partial charge < -0.3 is 30.3 Å². The van der Waals surface area contributed by atoms with E-state index in [1.807, 2.05) is 6.07 Å². The minimum Gasteiger partial charge on any atom is -0.465 e. The second kappa shape index (κ2) is 11.9. The SMILES string of the molecule is CCOC(=O)CNC(=O)Nc1ccc(N2CCCCC2)c(C(=O)NCCOC)c1. The highest BCUT2D eigenvalue weighted by Gasteiger charge is 2.19. The van der Waals surface area contributed by atoms with Crippen LogP contribution in [-0.2, 0) is 14.3 Å². The maximum atomic E-state index is 12.7. The minimum absolute atomic E-state index is 0.224. The summed E-state index contributed by atoms with van der Waals surface area (Å²) < 4.78 is 9.76. The highest BCUT2D eigenvalue weighted by molar-refractivity contribution is 6.02. The molecule has 0 radical (unpaired) electrons. The first-order valence-electron chi connectivity index (χ1n) is 9.91. The molecule has 0 saturated carbocycles. The molecule has 3 N–H and O–H groups in total. The van der Waals surface area contributed by atoms with Gasteiger partial charge in [-0.05, 0) is 44.4 Å². The molecule has 1 aliphatic rings. The third-order valence-electron chi connectivity index (χ3n) is 4.49. The average molecular weight is 406 g/mol. The van der Waals surface area contributed by atoms with E-state index in [1.54, 1.807) is 26.2 Å². The largest absolute Gasteiger partial charge is 0.465 e. The molecule has 9 nitrogen and oxygen atoms in total. The molecular formula is C20H30N4O5. The maximum absolute atomic E-state index is 12.7. The van der Waals surface area contributed by atoms with Crippen molar-refractivity contribution in [2.45, 2.75) is 26.2 Å². The third-order valence-corrected chi connectivity index (χ3v) is 4.49. The fourth-order valence-corrected chi connectivity index (χ4v) is 3.11. The Balaban J connectivity index is 2.10. The normalized spacial score (nSPS) is 13.5. The molecule has 0 unspecified atom stereocenters. The first kappa shape index (κ1) is 22.5. The molecule has 0 bridgehead atoms. The quantitative estimate of drug-likeness (QED) is 0.426. The lowest BCUT2D eigenvalue weighted by Crippen LogP contribution is -2.35. The average Bonchev–Trinajstić information content (AvgIpc) is 2.73. The van der Waals surface area contributed by atoms with E-state index in [9.17, 15) is 14.4 Å². The smallest absolute Gasteiger partial charge is 0.325 e. The van der Waals surface area contributed by atoms with E-state index in [0.29, 0.717) is 24.4 Å². The zero-order valence-corrected chi connectivity index (χ0v) is 17.1. The Hall–Kier alpha value is -2.81. The van der Waals surface area contributed by atoms with Gasteiger partial charge in [-0.2, -0.15) is 0 Å². The molecule has 3 amide bonds. The van der Waals surface area contributed by atoms with E-state index >= 15 is 0 Å². The first-order valence-corrected chi connectivity index (χ1v) is 9.91. The van der Waals surface area contributed by atoms with Crippen LogP contribution in [-0.4, -0.2) is 64.4 Å². The molecule has 29 heavy (non-hydrogen) atoms. The van der Waals surface area contributed by atoms with Crippen molar-refractivity contribution in [3.8, 4) is 0 Å². The lowest BCUT2D eigenvalue weighted by atomic mass is 10.1. The summed E-state index contributed by atoms with van der Waals surface area (Å²) in [6.45, 7) is 4.32. The number of ether oxygens (including phenoxy) is 2. The Morgan fingerprint density at radius 3 is 2.55 bits per heavy atom. The van der Waals surface area contributed by atoms with E-state index in [1.165, 1.54) is 6.42 Å². The molecule has 1 fully saturated rings. The van der Waals surface area contributed by atoms with Crippen molar-refractivity contribution >= 4 is 29.3 Å². The minimum atomic E-state index is -0.547. The van der Waals surface area contributed by atoms with Crippen molar-refractivity contribution < 1.29 is 23.9 Å². The Bertz CT molecular complexity index is 704. The van der Waals surface area contributed by atoms with Gasteiger partial charge in [0, 0.05) is 38.1 Å². The number of carbonyl (C=O) groups is 3. The zero-order valence-electron chi connectivity index (χ0n) is 17.1. The van der Waals surface area contributed by atoms with Gasteiger partial charge in [-0.3, -0.25) is 9.59 Å². The second-order valence-corrected chi connectivity index (χ2v) is 6.64. The number of esters is 1. The van der Waals surface area contributed by atoms with Crippen LogP contribution in [0.25, 0.3) is 0 Å². The van der Waals surface area contributed by atoms with Crippen molar-refractivity contribution in [2.24, 2.45) is 0 Å². The topological polar surface area (TPSA) is 109 Å². The van der Waals surface area contributed by atoms with Crippen LogP contribution in [0.1, 0.15) is 36.5 Å². The Morgan fingerprint density at radius 1 is 1.10 bits per heavy atom. The molecule has 0 spiro atoms. The van der Waals surface area contributed by atoms with Crippen LogP contribution in [0.3, 0.4) is 0 Å². The Morgan fingerprint density at radius 2 is 1.86 bits per heavy atom. The van der Waals surface area contributed by atoms with E-state index in [2.05, 4.69) is 20.9 Å². The van der Waals surface area contributed by atoms with Crippen LogP contribution in [0.4, 0.5) is 16.2 Å². The molecule has 1 aliphatic heterocycles. The molecule has 0 aliphatic carbocycles. The summed E-state index contributed by atoms with van der Waals surface area (Å²) >= 11 is 0. The van der Waals surface area contributed by atoms with Crippen molar-refractivity contribution in [1.29, 1.82) is 0 Å². The van der Waals surface area contributed by atoms with Crippen molar-refractivity contribution in [3.63, 3.8) is 0 Å². The molecular weight excluding hydrogens is 376 g/mol. The summed E-state index contributed by atoms with van der Waals surface area (Å²) in [6, 6.07) is 4.70. The number of piperidine rings is 1. The number of anilines is 2. The van der Waals surface area contributed by atoms with Gasteiger partial charge in [0.2, 0.25) is 0 Å². The molecule has 1 saturated heterocycles. The second-order valence-electron chi connectivity index (χ2n) is 6.64. The van der Waals surface area contributed by atoms with Crippen LogP contribution >= 0.6 is 0 Å². The summed E-state index contributed by atoms with van der Waals surface area (Å²) in [6.07, 6.45) is 3.36. The molecule has 9 heteroatoms. The number of hydrogen-bond acceptors (Lipinski definition) is 6. The third kappa shape index (κ3) is 7.26. The summed E-state index contributed by atoms with van der Waals surface area (Å²) in [4.78, 5) is 38.3. The molecule has 1 heterocycles. The van der Waals surface area contributed by atoms with Crippen LogP contribution in [0.15, 0.2) is 18.2 Å². The highest BCUT2D eigenvalue weighted by Crippen LogP contribution is 2.27. The number of benzene rings is 1. The standard InChI is InChI=1S/C20H30N4O5/c1-3-29-18(25)14-22-20(27)23-15-7-8-17(24-10-5-4-6-11-24)16(13-15)19(26)21-9-12-28-2/h7-8,13H,3-6,9-12,14H2,1-2H3,(H,21,26)(H2,22,23,27). The molecule has 0 atom stereocenters. The van der Waals surface area contributed by atoms with Crippen molar-refractivity contribution in [3.05, 3.63) is 23.8 Å². The van der Waals surface area contributed by atoms with Crippen LogP contribution < -0.4 is 20.9 Å². The first-order chi connectivity index (χ1) is 14.0. The molecule has 1 aromatic carbocycles. The van der Waals surface area contributed by atoms with Gasteiger partial charge in [-0.1, -0.05) is 0 Å². The fourth-order valence-electron chi connectivity index (χ4n) is 3.11. The summed E-state index contributed by atoms with van der Waals surface area (Å²) in [5, 5.41) is 7.92. The summed E-state index contributed by atoms with van der Waals surface area (Å²) in [5.74, 6) is -0.737. The van der Waals surface area contributed by atoms with Crippen molar-refractivity contribution in [2.75, 3.05) is 56.7 Å². The number of nitrogens with zero attached hydrogens (tertiary/aromatic N) is 1. The molecule has 1 aromatic rings. The lowest BCUT2D eigenvalue weighted by molar-refractivity contribution is -0.141. The van der Waals surface area contributed by atoms with Gasteiger partial charge in [-0.15, -0.1) is 0 Å². The van der Waals surface area contributed by atoms with Gasteiger partial charge in [0.15, 0.2) is 0 Å². The number of amides is 3. The van der Waals surface area contributed by atoms with Gasteiger partial charge in [0.25, 0.3) is 5.91 Å². The number of hydrogen-bond donors (Lipinski definition) is 3. The van der Waals surface area contributed by atoms with Crippen molar-refractivity contribution in [1.82, 2.24) is 10.6 Å². The van der Waals surface area contributed by atoms with Crippen LogP contribution in [0.2, 0.25) is 0 Å². The van der Waals surface area contributed by atoms with E-state index in [-0.39, 0.29) is 19.1 Å². The Labute approximate surface area is 171 Å². The van der Waals surface area contributed by atoms with Gasteiger partial charge in [0.05, 0.1) is 18.8 Å². The molecule has 2 rings (SSSR count). The predicted molar refractivity (Wildman–Crippen MR) is 110 cm³/mol. The maximum Gasteiger partial charge on any atom is 0.325 e. The number of carbonyl (C=O) groups excluding carboxylic acids is 3. The Kier molecular flexibility index (Phi) is 9.23. The zero-order chi connectivity index (χ0) is 21.1. The summed E-state index contributed by atoms with van der Waals surface area (Å²) in [5.41, 5.74) is 1.80. The number of rotatable bonds is 9. The number of urea groups is 1.